The molecule has 0 aromatic carbocycles. The lowest BCUT2D eigenvalue weighted by Crippen LogP contribution is -2.04. The minimum Gasteiger partial charge on any atom is -0.378 e. The van der Waals surface area contributed by atoms with Crippen LogP contribution in [0.5, 0.6) is 0 Å². The molecule has 1 aromatic rings. The zero-order chi connectivity index (χ0) is 10.6. The van der Waals surface area contributed by atoms with Crippen molar-refractivity contribution in [1.82, 2.24) is 9.97 Å². The Morgan fingerprint density at radius 2 is 2.21 bits per heavy atom. The number of nitrogens with zero attached hydrogens (tertiary/aromatic N) is 2. The van der Waals surface area contributed by atoms with Crippen molar-refractivity contribution in [2.75, 3.05) is 7.11 Å². The number of hydrogen-bond donors (Lipinski definition) is 0. The van der Waals surface area contributed by atoms with Crippen molar-refractivity contribution in [2.45, 2.75) is 32.8 Å². The summed E-state index contributed by atoms with van der Waals surface area (Å²) in [4.78, 5) is 8.56. The zero-order valence-electron chi connectivity index (χ0n) is 8.75. The number of rotatable bonds is 4. The van der Waals surface area contributed by atoms with E-state index < -0.39 is 0 Å². The van der Waals surface area contributed by atoms with E-state index in [0.29, 0.717) is 17.7 Å². The van der Waals surface area contributed by atoms with Gasteiger partial charge in [-0.1, -0.05) is 25.4 Å². The maximum atomic E-state index is 5.88. The van der Waals surface area contributed by atoms with E-state index in [2.05, 4.69) is 23.8 Å². The first-order valence-corrected chi connectivity index (χ1v) is 5.07. The predicted octanol–water partition coefficient (Wildman–Crippen LogP) is 2.79. The normalized spacial score (nSPS) is 12.9. The van der Waals surface area contributed by atoms with Crippen molar-refractivity contribution in [2.24, 2.45) is 0 Å². The average Bonchev–Trinajstić information content (AvgIpc) is 2.16. The van der Waals surface area contributed by atoms with Crippen LogP contribution >= 0.6 is 11.6 Å². The molecule has 14 heavy (non-hydrogen) atoms. The Balaban J connectivity index is 2.94. The maximum Gasteiger partial charge on any atom is 0.133 e. The van der Waals surface area contributed by atoms with E-state index in [4.69, 9.17) is 16.3 Å². The number of halogens is 1. The Hall–Kier alpha value is -0.670. The molecule has 0 aliphatic rings. The van der Waals surface area contributed by atoms with Crippen LogP contribution in [0.15, 0.2) is 6.07 Å². The summed E-state index contributed by atoms with van der Waals surface area (Å²) >= 11 is 5.88. The van der Waals surface area contributed by atoms with E-state index >= 15 is 0 Å². The van der Waals surface area contributed by atoms with Gasteiger partial charge in [0.2, 0.25) is 0 Å². The topological polar surface area (TPSA) is 35.0 Å². The molecule has 1 rings (SSSR count). The van der Waals surface area contributed by atoms with E-state index in [1.807, 2.05) is 0 Å². The summed E-state index contributed by atoms with van der Waals surface area (Å²) in [5.74, 6) is 1.14. The third kappa shape index (κ3) is 2.93. The van der Waals surface area contributed by atoms with Gasteiger partial charge >= 0.3 is 0 Å². The highest BCUT2D eigenvalue weighted by Gasteiger charge is 2.09. The summed E-state index contributed by atoms with van der Waals surface area (Å²) in [5.41, 5.74) is 0.836. The average molecular weight is 215 g/mol. The molecular formula is C10H15ClN2O. The van der Waals surface area contributed by atoms with Crippen LogP contribution in [0, 0.1) is 0 Å². The third-order valence-corrected chi connectivity index (χ3v) is 2.30. The molecule has 3 nitrogen and oxygen atoms in total. The standard InChI is InChI=1S/C10H15ClN2O/c1-4-7(2)10-12-8(6-14-3)5-9(11)13-10/h5,7H,4,6H2,1-3H3. The lowest BCUT2D eigenvalue weighted by Gasteiger charge is -2.08. The van der Waals surface area contributed by atoms with Crippen LogP contribution < -0.4 is 0 Å². The van der Waals surface area contributed by atoms with Gasteiger partial charge in [0, 0.05) is 13.0 Å². The first kappa shape index (κ1) is 11.4. The van der Waals surface area contributed by atoms with Crippen molar-refractivity contribution < 1.29 is 4.74 Å². The first-order valence-electron chi connectivity index (χ1n) is 4.69. The van der Waals surface area contributed by atoms with E-state index in [-0.39, 0.29) is 0 Å². The van der Waals surface area contributed by atoms with Gasteiger partial charge < -0.3 is 4.74 Å². The van der Waals surface area contributed by atoms with Crippen molar-refractivity contribution in [3.63, 3.8) is 0 Å². The molecule has 0 N–H and O–H groups in total. The SMILES string of the molecule is CCC(C)c1nc(Cl)cc(COC)n1. The van der Waals surface area contributed by atoms with Gasteiger partial charge in [0.1, 0.15) is 11.0 Å². The molecular weight excluding hydrogens is 200 g/mol. The van der Waals surface area contributed by atoms with Crippen molar-refractivity contribution in [3.8, 4) is 0 Å². The number of ether oxygens (including phenoxy) is 1. The first-order chi connectivity index (χ1) is 6.67. The Morgan fingerprint density at radius 3 is 2.79 bits per heavy atom. The van der Waals surface area contributed by atoms with Gasteiger partial charge in [-0.25, -0.2) is 9.97 Å². The molecule has 0 saturated carbocycles. The quantitative estimate of drug-likeness (QED) is 0.723. The van der Waals surface area contributed by atoms with Crippen LogP contribution in [0.25, 0.3) is 0 Å². The maximum absolute atomic E-state index is 5.88. The number of aromatic nitrogens is 2. The van der Waals surface area contributed by atoms with Crippen LogP contribution in [-0.4, -0.2) is 17.1 Å². The number of hydrogen-bond acceptors (Lipinski definition) is 3. The molecule has 78 valence electrons. The molecule has 1 unspecified atom stereocenters. The third-order valence-electron chi connectivity index (χ3n) is 2.11. The summed E-state index contributed by atoms with van der Waals surface area (Å²) in [6.07, 6.45) is 1.01. The highest BCUT2D eigenvalue weighted by molar-refractivity contribution is 6.29. The molecule has 1 heterocycles. The lowest BCUT2D eigenvalue weighted by molar-refractivity contribution is 0.181. The molecule has 4 heteroatoms. The molecule has 0 amide bonds. The Kier molecular flexibility index (Phi) is 4.29. The fourth-order valence-electron chi connectivity index (χ4n) is 1.11. The minimum absolute atomic E-state index is 0.337. The Labute approximate surface area is 89.5 Å². The van der Waals surface area contributed by atoms with E-state index in [9.17, 15) is 0 Å². The van der Waals surface area contributed by atoms with Crippen LogP contribution in [0.4, 0.5) is 0 Å². The molecule has 0 radical (unpaired) electrons. The van der Waals surface area contributed by atoms with E-state index in [1.165, 1.54) is 0 Å². The van der Waals surface area contributed by atoms with Gasteiger partial charge in [0.05, 0.1) is 12.3 Å². The fraction of sp³-hybridized carbons (Fsp3) is 0.600. The van der Waals surface area contributed by atoms with E-state index in [1.54, 1.807) is 13.2 Å². The molecule has 0 saturated heterocycles. The lowest BCUT2D eigenvalue weighted by atomic mass is 10.1. The van der Waals surface area contributed by atoms with Gasteiger partial charge in [-0.15, -0.1) is 0 Å². The molecule has 0 bridgehead atoms. The van der Waals surface area contributed by atoms with Crippen LogP contribution in [0.3, 0.4) is 0 Å². The Morgan fingerprint density at radius 1 is 1.50 bits per heavy atom. The van der Waals surface area contributed by atoms with Gasteiger partial charge in [0.15, 0.2) is 0 Å². The van der Waals surface area contributed by atoms with Gasteiger partial charge in [-0.05, 0) is 12.5 Å². The summed E-state index contributed by atoms with van der Waals surface area (Å²) < 4.78 is 5.00. The van der Waals surface area contributed by atoms with Crippen LogP contribution in [0.2, 0.25) is 5.15 Å². The van der Waals surface area contributed by atoms with Crippen molar-refractivity contribution in [3.05, 3.63) is 22.7 Å². The summed E-state index contributed by atoms with van der Waals surface area (Å²) in [6.45, 7) is 4.67. The highest BCUT2D eigenvalue weighted by Crippen LogP contribution is 2.17. The second-order valence-corrected chi connectivity index (χ2v) is 3.67. The molecule has 0 aliphatic heterocycles. The zero-order valence-corrected chi connectivity index (χ0v) is 9.51. The number of methoxy groups -OCH3 is 1. The molecule has 0 spiro atoms. The monoisotopic (exact) mass is 214 g/mol. The van der Waals surface area contributed by atoms with Crippen molar-refractivity contribution >= 4 is 11.6 Å². The molecule has 0 fully saturated rings. The van der Waals surface area contributed by atoms with Crippen molar-refractivity contribution in [1.29, 1.82) is 0 Å². The summed E-state index contributed by atoms with van der Waals surface area (Å²) in [6, 6.07) is 1.73. The van der Waals surface area contributed by atoms with Gasteiger partial charge in [0.25, 0.3) is 0 Å². The van der Waals surface area contributed by atoms with Gasteiger partial charge in [-0.3, -0.25) is 0 Å². The highest BCUT2D eigenvalue weighted by atomic mass is 35.5. The molecule has 1 aromatic heterocycles. The summed E-state index contributed by atoms with van der Waals surface area (Å²) in [5, 5.41) is 0.488. The summed E-state index contributed by atoms with van der Waals surface area (Å²) in [7, 11) is 1.64. The Bertz CT molecular complexity index is 304. The fourth-order valence-corrected chi connectivity index (χ4v) is 1.32. The minimum atomic E-state index is 0.337. The second kappa shape index (κ2) is 5.27. The predicted molar refractivity (Wildman–Crippen MR) is 56.5 cm³/mol. The van der Waals surface area contributed by atoms with E-state index in [0.717, 1.165) is 17.9 Å². The largest absolute Gasteiger partial charge is 0.378 e. The molecule has 1 atom stereocenters. The molecule has 0 aliphatic carbocycles. The van der Waals surface area contributed by atoms with Crippen LogP contribution in [0.1, 0.15) is 37.7 Å². The van der Waals surface area contributed by atoms with Gasteiger partial charge in [-0.2, -0.15) is 0 Å². The second-order valence-electron chi connectivity index (χ2n) is 3.28. The smallest absolute Gasteiger partial charge is 0.133 e. The van der Waals surface area contributed by atoms with Crippen LogP contribution in [-0.2, 0) is 11.3 Å².